The molecule has 0 fully saturated rings. The van der Waals surface area contributed by atoms with Crippen molar-refractivity contribution in [2.45, 2.75) is 17.6 Å². The summed E-state index contributed by atoms with van der Waals surface area (Å²) in [5, 5.41) is 0. The number of amides is 2. The van der Waals surface area contributed by atoms with Crippen LogP contribution in [0.4, 0.5) is 0 Å². The van der Waals surface area contributed by atoms with Crippen LogP contribution in [0.25, 0.3) is 0 Å². The van der Waals surface area contributed by atoms with Gasteiger partial charge in [-0.1, -0.05) is 103 Å². The van der Waals surface area contributed by atoms with E-state index in [4.69, 9.17) is 0 Å². The van der Waals surface area contributed by atoms with Crippen molar-refractivity contribution in [2.75, 3.05) is 12.3 Å². The van der Waals surface area contributed by atoms with Gasteiger partial charge in [0.25, 0.3) is 11.8 Å². The second-order valence-electron chi connectivity index (χ2n) is 8.64. The maximum Gasteiger partial charge on any atom is 0.261 e. The molecule has 0 unspecified atom stereocenters. The zero-order valence-electron chi connectivity index (χ0n) is 19.5. The second kappa shape index (κ2) is 10.3. The summed E-state index contributed by atoms with van der Waals surface area (Å²) >= 11 is 1.91. The fourth-order valence-electron chi connectivity index (χ4n) is 4.81. The predicted molar refractivity (Wildman–Crippen MR) is 143 cm³/mol. The van der Waals surface area contributed by atoms with E-state index in [9.17, 15) is 9.59 Å². The van der Waals surface area contributed by atoms with Crippen molar-refractivity contribution in [3.63, 3.8) is 0 Å². The van der Waals surface area contributed by atoms with Crippen LogP contribution in [-0.2, 0) is 4.75 Å². The Labute approximate surface area is 210 Å². The summed E-state index contributed by atoms with van der Waals surface area (Å²) in [6, 6.07) is 39.0. The van der Waals surface area contributed by atoms with Crippen molar-refractivity contribution >= 4 is 23.6 Å². The first-order valence-electron chi connectivity index (χ1n) is 12.0. The molecule has 0 atom stereocenters. The number of rotatable bonds is 9. The summed E-state index contributed by atoms with van der Waals surface area (Å²) in [5.74, 6) is 0.540. The molecule has 4 aromatic carbocycles. The fourth-order valence-corrected chi connectivity index (χ4v) is 6.37. The van der Waals surface area contributed by atoms with Gasteiger partial charge in [0.2, 0.25) is 0 Å². The number of nitrogens with zero attached hydrogens (tertiary/aromatic N) is 1. The molecule has 5 rings (SSSR count). The van der Waals surface area contributed by atoms with E-state index in [1.165, 1.54) is 21.6 Å². The molecule has 0 spiro atoms. The van der Waals surface area contributed by atoms with E-state index in [0.717, 1.165) is 18.6 Å². The van der Waals surface area contributed by atoms with Crippen LogP contribution >= 0.6 is 11.8 Å². The largest absolute Gasteiger partial charge is 0.274 e. The van der Waals surface area contributed by atoms with Crippen molar-refractivity contribution in [3.8, 4) is 0 Å². The minimum absolute atomic E-state index is 0.176. The standard InChI is InChI=1S/C31H27NO2S/c33-29-27-20-10-11-21-28(27)30(34)32(29)22-12-13-23-35-31(24-14-4-1-5-15-24,25-16-6-2-7-17-25)26-18-8-3-9-19-26/h1-11,14-21H,12-13,22-23H2. The Balaban J connectivity index is 1.35. The molecular weight excluding hydrogens is 450 g/mol. The molecule has 4 heteroatoms. The van der Waals surface area contributed by atoms with Crippen LogP contribution in [0.3, 0.4) is 0 Å². The third kappa shape index (κ3) is 4.42. The van der Waals surface area contributed by atoms with Gasteiger partial charge in [0, 0.05) is 6.54 Å². The van der Waals surface area contributed by atoms with Crippen molar-refractivity contribution in [3.05, 3.63) is 143 Å². The highest BCUT2D eigenvalue weighted by Crippen LogP contribution is 2.48. The molecule has 0 radical (unpaired) electrons. The molecule has 0 bridgehead atoms. The Kier molecular flexibility index (Phi) is 6.82. The van der Waals surface area contributed by atoms with Crippen LogP contribution in [0.1, 0.15) is 50.2 Å². The van der Waals surface area contributed by atoms with Crippen LogP contribution in [-0.4, -0.2) is 29.0 Å². The normalized spacial score (nSPS) is 13.2. The summed E-state index contributed by atoms with van der Waals surface area (Å²) in [6.07, 6.45) is 1.67. The van der Waals surface area contributed by atoms with Crippen LogP contribution in [0.2, 0.25) is 0 Å². The quantitative estimate of drug-likeness (QED) is 0.151. The molecule has 2 amide bonds. The monoisotopic (exact) mass is 477 g/mol. The Morgan fingerprint density at radius 3 is 1.37 bits per heavy atom. The first-order valence-corrected chi connectivity index (χ1v) is 13.0. The molecular formula is C31H27NO2S. The van der Waals surface area contributed by atoms with E-state index in [-0.39, 0.29) is 16.6 Å². The molecule has 174 valence electrons. The first kappa shape index (κ1) is 23.1. The summed E-state index contributed by atoms with van der Waals surface area (Å²) < 4.78 is -0.348. The highest BCUT2D eigenvalue weighted by molar-refractivity contribution is 8.00. The predicted octanol–water partition coefficient (Wildman–Crippen LogP) is 6.79. The maximum absolute atomic E-state index is 12.7. The average molecular weight is 478 g/mol. The van der Waals surface area contributed by atoms with Gasteiger partial charge in [-0.05, 0) is 47.4 Å². The van der Waals surface area contributed by atoms with Crippen molar-refractivity contribution in [1.29, 1.82) is 0 Å². The highest BCUT2D eigenvalue weighted by atomic mass is 32.2. The number of thioether (sulfide) groups is 1. The van der Waals surface area contributed by atoms with Gasteiger partial charge in [0.15, 0.2) is 0 Å². The van der Waals surface area contributed by atoms with Gasteiger partial charge in [0.05, 0.1) is 15.9 Å². The van der Waals surface area contributed by atoms with E-state index in [0.29, 0.717) is 17.7 Å². The minimum Gasteiger partial charge on any atom is -0.274 e. The van der Waals surface area contributed by atoms with Gasteiger partial charge in [-0.25, -0.2) is 0 Å². The number of fused-ring (bicyclic) bond motifs is 1. The Bertz CT molecular complexity index is 1170. The number of unbranched alkanes of at least 4 members (excludes halogenated alkanes) is 1. The van der Waals surface area contributed by atoms with Gasteiger partial charge in [-0.3, -0.25) is 14.5 Å². The molecule has 0 saturated heterocycles. The second-order valence-corrected chi connectivity index (χ2v) is 9.95. The molecule has 1 aliphatic rings. The lowest BCUT2D eigenvalue weighted by Crippen LogP contribution is -2.31. The molecule has 3 nitrogen and oxygen atoms in total. The molecule has 35 heavy (non-hydrogen) atoms. The Morgan fingerprint density at radius 1 is 0.543 bits per heavy atom. The molecule has 0 saturated carbocycles. The van der Waals surface area contributed by atoms with Gasteiger partial charge in [-0.2, -0.15) is 0 Å². The topological polar surface area (TPSA) is 37.4 Å². The average Bonchev–Trinajstić information content (AvgIpc) is 3.17. The third-order valence-corrected chi connectivity index (χ3v) is 8.15. The summed E-state index contributed by atoms with van der Waals surface area (Å²) in [7, 11) is 0. The maximum atomic E-state index is 12.7. The SMILES string of the molecule is O=C1c2ccccc2C(=O)N1CCCCSC(c1ccccc1)(c1ccccc1)c1ccccc1. The van der Waals surface area contributed by atoms with Crippen LogP contribution in [0, 0.1) is 0 Å². The smallest absolute Gasteiger partial charge is 0.261 e. The van der Waals surface area contributed by atoms with E-state index in [1.807, 2.05) is 11.8 Å². The molecule has 4 aromatic rings. The lowest BCUT2D eigenvalue weighted by molar-refractivity contribution is 0.0652. The van der Waals surface area contributed by atoms with Gasteiger partial charge < -0.3 is 0 Å². The van der Waals surface area contributed by atoms with E-state index >= 15 is 0 Å². The Morgan fingerprint density at radius 2 is 0.943 bits per heavy atom. The number of imide groups is 1. The molecule has 0 aromatic heterocycles. The van der Waals surface area contributed by atoms with Crippen molar-refractivity contribution < 1.29 is 9.59 Å². The van der Waals surface area contributed by atoms with E-state index < -0.39 is 0 Å². The lowest BCUT2D eigenvalue weighted by Gasteiger charge is -2.35. The Hall–Kier alpha value is -3.63. The number of hydrogen-bond donors (Lipinski definition) is 0. The zero-order chi connectivity index (χ0) is 24.1. The number of carbonyl (C=O) groups is 2. The van der Waals surface area contributed by atoms with Crippen molar-refractivity contribution in [2.24, 2.45) is 0 Å². The van der Waals surface area contributed by atoms with Gasteiger partial charge in [-0.15, -0.1) is 11.8 Å². The van der Waals surface area contributed by atoms with Gasteiger partial charge >= 0.3 is 0 Å². The first-order chi connectivity index (χ1) is 17.2. The summed E-state index contributed by atoms with van der Waals surface area (Å²) in [5.41, 5.74) is 4.75. The van der Waals surface area contributed by atoms with E-state index in [2.05, 4.69) is 91.0 Å². The lowest BCUT2D eigenvalue weighted by atomic mass is 9.84. The third-order valence-electron chi connectivity index (χ3n) is 6.51. The number of hydrogen-bond acceptors (Lipinski definition) is 3. The van der Waals surface area contributed by atoms with Gasteiger partial charge in [0.1, 0.15) is 0 Å². The number of benzene rings is 4. The highest BCUT2D eigenvalue weighted by Gasteiger charge is 2.37. The van der Waals surface area contributed by atoms with Crippen molar-refractivity contribution in [1.82, 2.24) is 4.90 Å². The molecule has 0 aliphatic carbocycles. The molecule has 0 N–H and O–H groups in total. The zero-order valence-corrected chi connectivity index (χ0v) is 20.3. The minimum atomic E-state index is -0.348. The fraction of sp³-hybridized carbons (Fsp3) is 0.161. The van der Waals surface area contributed by atoms with E-state index in [1.54, 1.807) is 24.3 Å². The number of carbonyl (C=O) groups excluding carboxylic acids is 2. The summed E-state index contributed by atoms with van der Waals surface area (Å²) in [6.45, 7) is 0.446. The van der Waals surface area contributed by atoms with Crippen LogP contribution in [0.5, 0.6) is 0 Å². The molecule has 1 aliphatic heterocycles. The molecule has 1 heterocycles. The summed E-state index contributed by atoms with van der Waals surface area (Å²) in [4.78, 5) is 26.8. The van der Waals surface area contributed by atoms with Crippen LogP contribution in [0.15, 0.2) is 115 Å². The van der Waals surface area contributed by atoms with Crippen LogP contribution < -0.4 is 0 Å².